The van der Waals surface area contributed by atoms with E-state index in [4.69, 9.17) is 0 Å². The summed E-state index contributed by atoms with van der Waals surface area (Å²) in [6, 6.07) is 10.1. The molecule has 0 unspecified atom stereocenters. The lowest BCUT2D eigenvalue weighted by Crippen LogP contribution is -2.31. The molecule has 0 spiro atoms. The smallest absolute Gasteiger partial charge is 0.350 e. The van der Waals surface area contributed by atoms with E-state index in [1.54, 1.807) is 18.2 Å². The lowest BCUT2D eigenvalue weighted by molar-refractivity contribution is 0.0940. The van der Waals surface area contributed by atoms with E-state index in [0.29, 0.717) is 35.4 Å². The molecule has 0 atom stereocenters. The zero-order chi connectivity index (χ0) is 27.0. The topological polar surface area (TPSA) is 107 Å². The minimum absolute atomic E-state index is 0.0750. The maximum atomic E-state index is 13.6. The van der Waals surface area contributed by atoms with Gasteiger partial charge in [-0.1, -0.05) is 37.6 Å². The second-order valence-electron chi connectivity index (χ2n) is 10.3. The number of carbonyl (C=O) groups excluding carboxylic acids is 2. The van der Waals surface area contributed by atoms with E-state index in [2.05, 4.69) is 24.3 Å². The fraction of sp³-hybridized carbons (Fsp3) is 0.393. The zero-order valence-corrected chi connectivity index (χ0v) is 22.2. The SMILES string of the molecule is Cc1ccc(C(=O)Cn2nc3n(CCC(C)C)c(=O)c4ccc(C(=O)NC(C)C)cc4n3c2=O)c(C)c1. The molecule has 4 aromatic rings. The van der Waals surface area contributed by atoms with Gasteiger partial charge in [-0.05, 0) is 63.8 Å². The van der Waals surface area contributed by atoms with E-state index in [1.807, 2.05) is 39.8 Å². The molecule has 1 N–H and O–H groups in total. The van der Waals surface area contributed by atoms with Crippen molar-refractivity contribution in [1.82, 2.24) is 24.1 Å². The van der Waals surface area contributed by atoms with Crippen LogP contribution in [0.25, 0.3) is 16.7 Å². The third-order valence-corrected chi connectivity index (χ3v) is 6.37. The molecule has 2 heterocycles. The van der Waals surface area contributed by atoms with Crippen LogP contribution in [0.3, 0.4) is 0 Å². The van der Waals surface area contributed by atoms with Crippen LogP contribution in [0.5, 0.6) is 0 Å². The molecule has 9 nitrogen and oxygen atoms in total. The number of nitrogens with one attached hydrogen (secondary N) is 1. The van der Waals surface area contributed by atoms with Crippen LogP contribution in [-0.4, -0.2) is 36.5 Å². The van der Waals surface area contributed by atoms with Gasteiger partial charge in [-0.3, -0.25) is 19.0 Å². The Balaban J connectivity index is 1.92. The van der Waals surface area contributed by atoms with Crippen LogP contribution in [0.4, 0.5) is 0 Å². The lowest BCUT2D eigenvalue weighted by Gasteiger charge is -2.12. The van der Waals surface area contributed by atoms with E-state index in [-0.39, 0.29) is 41.1 Å². The Morgan fingerprint density at radius 3 is 2.38 bits per heavy atom. The summed E-state index contributed by atoms with van der Waals surface area (Å²) in [6.07, 6.45) is 0.707. The van der Waals surface area contributed by atoms with Gasteiger partial charge >= 0.3 is 5.69 Å². The molecule has 0 saturated heterocycles. The van der Waals surface area contributed by atoms with E-state index in [1.165, 1.54) is 15.0 Å². The number of aromatic nitrogens is 4. The first-order chi connectivity index (χ1) is 17.5. The molecule has 0 radical (unpaired) electrons. The molecular formula is C28H33N5O4. The van der Waals surface area contributed by atoms with E-state index in [9.17, 15) is 19.2 Å². The molecule has 0 aliphatic heterocycles. The third kappa shape index (κ3) is 5.12. The van der Waals surface area contributed by atoms with Crippen molar-refractivity contribution in [2.75, 3.05) is 0 Å². The molecule has 2 aromatic carbocycles. The quantitative estimate of drug-likeness (QED) is 0.371. The summed E-state index contributed by atoms with van der Waals surface area (Å²) in [5.74, 6) is -0.0810. The molecule has 0 bridgehead atoms. The average Bonchev–Trinajstić information content (AvgIpc) is 3.13. The molecule has 0 fully saturated rings. The van der Waals surface area contributed by atoms with Crippen molar-refractivity contribution >= 4 is 28.4 Å². The fourth-order valence-electron chi connectivity index (χ4n) is 4.44. The van der Waals surface area contributed by atoms with E-state index in [0.717, 1.165) is 15.8 Å². The number of Topliss-reactive ketones (excluding diaryl/α,β-unsaturated/α-hetero) is 1. The monoisotopic (exact) mass is 503 g/mol. The summed E-state index contributed by atoms with van der Waals surface area (Å²) >= 11 is 0. The maximum Gasteiger partial charge on any atom is 0.352 e. The standard InChI is InChI=1S/C28H33N5O4/c1-16(2)11-12-31-26(36)22-10-8-20(25(35)29-17(3)4)14-23(22)33-27(31)30-32(28(33)37)15-24(34)21-9-7-18(5)13-19(21)6/h7-10,13-14,16-17H,11-12,15H2,1-6H3,(H,29,35). The Hall–Kier alpha value is -4.01. The number of nitrogens with zero attached hydrogens (tertiary/aromatic N) is 4. The largest absolute Gasteiger partial charge is 0.352 e. The van der Waals surface area contributed by atoms with Gasteiger partial charge in [0.2, 0.25) is 5.78 Å². The summed E-state index contributed by atoms with van der Waals surface area (Å²) < 4.78 is 3.91. The number of hydrogen-bond acceptors (Lipinski definition) is 5. The number of fused-ring (bicyclic) bond motifs is 3. The molecule has 37 heavy (non-hydrogen) atoms. The van der Waals surface area contributed by atoms with Crippen LogP contribution in [0.15, 0.2) is 46.0 Å². The van der Waals surface area contributed by atoms with Gasteiger partial charge in [-0.2, -0.15) is 0 Å². The summed E-state index contributed by atoms with van der Waals surface area (Å²) in [5, 5.41) is 7.58. The maximum absolute atomic E-state index is 13.6. The van der Waals surface area contributed by atoms with Crippen LogP contribution in [0.2, 0.25) is 0 Å². The van der Waals surface area contributed by atoms with Gasteiger partial charge in [0.05, 0.1) is 10.9 Å². The minimum Gasteiger partial charge on any atom is -0.350 e. The number of hydrogen-bond donors (Lipinski definition) is 1. The first-order valence-corrected chi connectivity index (χ1v) is 12.6. The van der Waals surface area contributed by atoms with Gasteiger partial charge in [0, 0.05) is 23.7 Å². The number of amides is 1. The highest BCUT2D eigenvalue weighted by Gasteiger charge is 2.21. The molecule has 0 saturated carbocycles. The molecule has 0 aliphatic carbocycles. The highest BCUT2D eigenvalue weighted by Crippen LogP contribution is 2.16. The van der Waals surface area contributed by atoms with Gasteiger partial charge < -0.3 is 5.32 Å². The molecule has 9 heteroatoms. The van der Waals surface area contributed by atoms with Crippen LogP contribution in [0.1, 0.15) is 66.0 Å². The first-order valence-electron chi connectivity index (χ1n) is 12.6. The van der Waals surface area contributed by atoms with E-state index < -0.39 is 5.69 Å². The molecule has 2 aromatic heterocycles. The number of benzene rings is 2. The van der Waals surface area contributed by atoms with E-state index >= 15 is 0 Å². The van der Waals surface area contributed by atoms with Crippen LogP contribution in [-0.2, 0) is 13.1 Å². The second kappa shape index (κ2) is 10.2. The Labute approximate surface area is 214 Å². The first kappa shape index (κ1) is 26.1. The third-order valence-electron chi connectivity index (χ3n) is 6.37. The predicted molar refractivity (Wildman–Crippen MR) is 144 cm³/mol. The number of carbonyl (C=O) groups is 2. The van der Waals surface area contributed by atoms with Crippen LogP contribution < -0.4 is 16.6 Å². The van der Waals surface area contributed by atoms with Crippen molar-refractivity contribution in [2.45, 2.75) is 67.1 Å². The van der Waals surface area contributed by atoms with Gasteiger partial charge in [0.25, 0.3) is 11.5 Å². The number of ketones is 1. The Bertz CT molecular complexity index is 1640. The predicted octanol–water partition coefficient (Wildman–Crippen LogP) is 3.49. The summed E-state index contributed by atoms with van der Waals surface area (Å²) in [5.41, 5.74) is 2.15. The van der Waals surface area contributed by atoms with Gasteiger partial charge in [-0.15, -0.1) is 5.10 Å². The van der Waals surface area contributed by atoms with Crippen LogP contribution >= 0.6 is 0 Å². The minimum atomic E-state index is -0.544. The average molecular weight is 504 g/mol. The number of aryl methyl sites for hydroxylation is 3. The van der Waals surface area contributed by atoms with Crippen molar-refractivity contribution in [3.8, 4) is 0 Å². The Morgan fingerprint density at radius 1 is 1.00 bits per heavy atom. The van der Waals surface area contributed by atoms with Crippen molar-refractivity contribution < 1.29 is 9.59 Å². The van der Waals surface area contributed by atoms with Crippen molar-refractivity contribution in [3.05, 3.63) is 79.5 Å². The lowest BCUT2D eigenvalue weighted by atomic mass is 10.0. The Morgan fingerprint density at radius 2 is 1.73 bits per heavy atom. The number of rotatable bonds is 8. The molecule has 4 rings (SSSR count). The summed E-state index contributed by atoms with van der Waals surface area (Å²) in [4.78, 5) is 52.9. The van der Waals surface area contributed by atoms with Crippen LogP contribution in [0, 0.1) is 19.8 Å². The van der Waals surface area contributed by atoms with Gasteiger partial charge in [-0.25, -0.2) is 13.9 Å². The molecular weight excluding hydrogens is 470 g/mol. The van der Waals surface area contributed by atoms with Crippen molar-refractivity contribution in [3.63, 3.8) is 0 Å². The molecule has 0 aliphatic rings. The van der Waals surface area contributed by atoms with Crippen molar-refractivity contribution in [1.29, 1.82) is 0 Å². The summed E-state index contributed by atoms with van der Waals surface area (Å²) in [6.45, 7) is 11.7. The highest BCUT2D eigenvalue weighted by molar-refractivity contribution is 5.98. The fourth-order valence-corrected chi connectivity index (χ4v) is 4.44. The van der Waals surface area contributed by atoms with Gasteiger partial charge in [0.1, 0.15) is 6.54 Å². The van der Waals surface area contributed by atoms with Gasteiger partial charge in [0.15, 0.2) is 5.78 Å². The Kier molecular flexibility index (Phi) is 7.16. The summed E-state index contributed by atoms with van der Waals surface area (Å²) in [7, 11) is 0. The molecule has 1 amide bonds. The second-order valence-corrected chi connectivity index (χ2v) is 10.3. The normalized spacial score (nSPS) is 11.7. The van der Waals surface area contributed by atoms with Crippen molar-refractivity contribution in [2.24, 2.45) is 5.92 Å². The molecule has 194 valence electrons. The zero-order valence-electron chi connectivity index (χ0n) is 22.2. The highest BCUT2D eigenvalue weighted by atomic mass is 16.2.